The third-order valence-electron chi connectivity index (χ3n) is 6.80. The first-order chi connectivity index (χ1) is 16.3. The molecule has 1 N–H and O–H groups in total. The summed E-state index contributed by atoms with van der Waals surface area (Å²) in [6.45, 7) is 9.13. The monoisotopic (exact) mass is 472 g/mol. The minimum atomic E-state index is -0.152. The lowest BCUT2D eigenvalue weighted by Gasteiger charge is -2.41. The minimum Gasteiger partial charge on any atom is -0.349 e. The van der Waals surface area contributed by atoms with Gasteiger partial charge < -0.3 is 10.2 Å². The molecule has 0 radical (unpaired) electrons. The molecule has 1 atom stereocenters. The molecule has 0 spiro atoms. The zero-order valence-corrected chi connectivity index (χ0v) is 20.7. The normalized spacial score (nSPS) is 15.4. The lowest BCUT2D eigenvalue weighted by atomic mass is 9.94. The van der Waals surface area contributed by atoms with Crippen LogP contribution in [0.25, 0.3) is 16.1 Å². The van der Waals surface area contributed by atoms with Crippen LogP contribution in [0.1, 0.15) is 49.8 Å². The van der Waals surface area contributed by atoms with E-state index in [2.05, 4.69) is 42.3 Å². The summed E-state index contributed by atoms with van der Waals surface area (Å²) in [5.74, 6) is -0.141. The Labute approximate surface area is 203 Å². The van der Waals surface area contributed by atoms with E-state index >= 15 is 0 Å². The standard InChI is InChI=1S/C27H28N4O2S/c1-16-9-10-20(13-17(16)2)22-7-5-6-8-23(22)26(33)30-12-11-21(30)14-28-25(32)24-19(4)29-27-31(24)18(3)15-34-27/h5-10,13,15,21H,11-12,14H2,1-4H3,(H,28,32). The van der Waals surface area contributed by atoms with Crippen LogP contribution in [0.4, 0.5) is 0 Å². The molecule has 1 saturated heterocycles. The molecule has 3 heterocycles. The summed E-state index contributed by atoms with van der Waals surface area (Å²) in [6.07, 6.45) is 0.871. The first-order valence-corrected chi connectivity index (χ1v) is 12.4. The van der Waals surface area contributed by atoms with Crippen molar-refractivity contribution in [2.45, 2.75) is 40.2 Å². The summed E-state index contributed by atoms with van der Waals surface area (Å²) in [7, 11) is 0. The van der Waals surface area contributed by atoms with Crippen LogP contribution in [0.2, 0.25) is 0 Å². The van der Waals surface area contributed by atoms with Gasteiger partial charge in [-0.1, -0.05) is 36.4 Å². The number of nitrogens with zero attached hydrogens (tertiary/aromatic N) is 3. The Morgan fingerprint density at radius 3 is 2.62 bits per heavy atom. The van der Waals surface area contributed by atoms with Crippen molar-refractivity contribution in [2.24, 2.45) is 0 Å². The number of carbonyl (C=O) groups excluding carboxylic acids is 2. The predicted octanol–water partition coefficient (Wildman–Crippen LogP) is 4.94. The summed E-state index contributed by atoms with van der Waals surface area (Å²) in [4.78, 5) is 33.7. The molecular formula is C27H28N4O2S. The van der Waals surface area contributed by atoms with E-state index in [1.54, 1.807) is 0 Å². The van der Waals surface area contributed by atoms with Crippen LogP contribution in [-0.4, -0.2) is 45.2 Å². The fourth-order valence-corrected chi connectivity index (χ4v) is 5.48. The average Bonchev–Trinajstić information content (AvgIpc) is 3.32. The van der Waals surface area contributed by atoms with Crippen LogP contribution in [0.5, 0.6) is 0 Å². The molecule has 6 nitrogen and oxygen atoms in total. The van der Waals surface area contributed by atoms with Gasteiger partial charge in [0.1, 0.15) is 5.69 Å². The molecule has 34 heavy (non-hydrogen) atoms. The molecule has 2 amide bonds. The molecule has 0 bridgehead atoms. The van der Waals surface area contributed by atoms with Crippen molar-refractivity contribution in [3.05, 3.63) is 81.6 Å². The van der Waals surface area contributed by atoms with Gasteiger partial charge in [0.25, 0.3) is 11.8 Å². The van der Waals surface area contributed by atoms with Crippen molar-refractivity contribution in [3.63, 3.8) is 0 Å². The van der Waals surface area contributed by atoms with Crippen molar-refractivity contribution < 1.29 is 9.59 Å². The van der Waals surface area contributed by atoms with Crippen molar-refractivity contribution in [2.75, 3.05) is 13.1 Å². The first kappa shape index (κ1) is 22.3. The van der Waals surface area contributed by atoms with Gasteiger partial charge in [0.15, 0.2) is 4.96 Å². The van der Waals surface area contributed by atoms with Crippen LogP contribution >= 0.6 is 11.3 Å². The number of hydrogen-bond donors (Lipinski definition) is 1. The Kier molecular flexibility index (Phi) is 5.73. The van der Waals surface area contributed by atoms with Gasteiger partial charge in [0, 0.05) is 29.7 Å². The molecule has 0 saturated carbocycles. The fraction of sp³-hybridized carbons (Fsp3) is 0.296. The zero-order chi connectivity index (χ0) is 24.0. The molecule has 1 fully saturated rings. The van der Waals surface area contributed by atoms with Crippen LogP contribution in [-0.2, 0) is 0 Å². The number of likely N-dealkylation sites (tertiary alicyclic amines) is 1. The van der Waals surface area contributed by atoms with Gasteiger partial charge in [-0.05, 0) is 62.4 Å². The van der Waals surface area contributed by atoms with E-state index in [1.807, 2.05) is 52.8 Å². The van der Waals surface area contributed by atoms with Gasteiger partial charge in [0.2, 0.25) is 0 Å². The largest absolute Gasteiger partial charge is 0.349 e. The number of imidazole rings is 1. The lowest BCUT2D eigenvalue weighted by Crippen LogP contribution is -2.56. The fourth-order valence-electron chi connectivity index (χ4n) is 4.57. The number of aryl methyl sites for hydroxylation is 4. The number of hydrogen-bond acceptors (Lipinski definition) is 4. The number of aromatic nitrogens is 2. The maximum absolute atomic E-state index is 13.5. The maximum atomic E-state index is 13.5. The Morgan fingerprint density at radius 1 is 1.09 bits per heavy atom. The molecule has 4 aromatic rings. The van der Waals surface area contributed by atoms with E-state index < -0.39 is 0 Å². The van der Waals surface area contributed by atoms with Gasteiger partial charge in [-0.2, -0.15) is 0 Å². The zero-order valence-electron chi connectivity index (χ0n) is 19.9. The maximum Gasteiger partial charge on any atom is 0.270 e. The Balaban J connectivity index is 1.32. The highest BCUT2D eigenvalue weighted by atomic mass is 32.1. The van der Waals surface area contributed by atoms with Gasteiger partial charge in [-0.15, -0.1) is 11.3 Å². The van der Waals surface area contributed by atoms with E-state index in [1.165, 1.54) is 22.5 Å². The van der Waals surface area contributed by atoms with E-state index in [4.69, 9.17) is 0 Å². The van der Waals surface area contributed by atoms with Gasteiger partial charge in [-0.3, -0.25) is 14.0 Å². The SMILES string of the molecule is Cc1ccc(-c2ccccc2C(=O)N2CCC2CNC(=O)c2c(C)nc3scc(C)n23)cc1C. The van der Waals surface area contributed by atoms with Crippen LogP contribution in [0.3, 0.4) is 0 Å². The quantitative estimate of drug-likeness (QED) is 0.447. The summed E-state index contributed by atoms with van der Waals surface area (Å²) >= 11 is 1.53. The lowest BCUT2D eigenvalue weighted by molar-refractivity contribution is 0.0456. The minimum absolute atomic E-state index is 0.0101. The van der Waals surface area contributed by atoms with Gasteiger partial charge in [-0.25, -0.2) is 4.98 Å². The topological polar surface area (TPSA) is 66.7 Å². The summed E-state index contributed by atoms with van der Waals surface area (Å²) in [5.41, 5.74) is 7.41. The number of amides is 2. The smallest absolute Gasteiger partial charge is 0.270 e. The number of fused-ring (bicyclic) bond motifs is 1. The van der Waals surface area contributed by atoms with E-state index in [9.17, 15) is 9.59 Å². The molecule has 1 aliphatic heterocycles. The molecule has 1 aliphatic rings. The van der Waals surface area contributed by atoms with E-state index in [0.717, 1.165) is 33.9 Å². The van der Waals surface area contributed by atoms with Crippen LogP contribution in [0, 0.1) is 27.7 Å². The average molecular weight is 473 g/mol. The number of benzene rings is 2. The molecule has 0 aliphatic carbocycles. The number of rotatable bonds is 5. The van der Waals surface area contributed by atoms with Crippen molar-refractivity contribution >= 4 is 28.1 Å². The number of thiazole rings is 1. The van der Waals surface area contributed by atoms with Crippen molar-refractivity contribution in [1.82, 2.24) is 19.6 Å². The molecule has 2 aromatic carbocycles. The molecule has 2 aromatic heterocycles. The van der Waals surface area contributed by atoms with E-state index in [0.29, 0.717) is 24.3 Å². The van der Waals surface area contributed by atoms with Crippen LogP contribution < -0.4 is 5.32 Å². The highest BCUT2D eigenvalue weighted by Crippen LogP contribution is 2.29. The summed E-state index contributed by atoms with van der Waals surface area (Å²) in [5, 5.41) is 5.04. The second kappa shape index (κ2) is 8.72. The van der Waals surface area contributed by atoms with Gasteiger partial charge in [0.05, 0.1) is 11.7 Å². The highest BCUT2D eigenvalue weighted by molar-refractivity contribution is 7.15. The Bertz CT molecular complexity index is 1420. The van der Waals surface area contributed by atoms with Crippen LogP contribution in [0.15, 0.2) is 47.8 Å². The van der Waals surface area contributed by atoms with E-state index in [-0.39, 0.29) is 17.9 Å². The third-order valence-corrected chi connectivity index (χ3v) is 7.75. The summed E-state index contributed by atoms with van der Waals surface area (Å²) in [6, 6.07) is 14.1. The molecular weight excluding hydrogens is 444 g/mol. The molecule has 174 valence electrons. The molecule has 1 unspecified atom stereocenters. The number of carbonyl (C=O) groups is 2. The molecule has 7 heteroatoms. The number of nitrogens with one attached hydrogen (secondary N) is 1. The summed E-state index contributed by atoms with van der Waals surface area (Å²) < 4.78 is 1.90. The third kappa shape index (κ3) is 3.80. The first-order valence-electron chi connectivity index (χ1n) is 11.5. The van der Waals surface area contributed by atoms with Crippen molar-refractivity contribution in [3.8, 4) is 11.1 Å². The predicted molar refractivity (Wildman–Crippen MR) is 136 cm³/mol. The second-order valence-electron chi connectivity index (χ2n) is 9.04. The highest BCUT2D eigenvalue weighted by Gasteiger charge is 2.34. The molecule has 5 rings (SSSR count). The second-order valence-corrected chi connectivity index (χ2v) is 9.87. The van der Waals surface area contributed by atoms with Gasteiger partial charge >= 0.3 is 0 Å². The van der Waals surface area contributed by atoms with Crippen molar-refractivity contribution in [1.29, 1.82) is 0 Å². The Hall–Kier alpha value is -3.45. The Morgan fingerprint density at radius 2 is 1.88 bits per heavy atom.